The Kier molecular flexibility index (Phi) is 49.0. The molecule has 8 saturated heterocycles. The quantitative estimate of drug-likeness (QED) is 0.0346. The third kappa shape index (κ3) is 33.4. The summed E-state index contributed by atoms with van der Waals surface area (Å²) in [6.45, 7) is 33.0. The van der Waals surface area contributed by atoms with Gasteiger partial charge in [0, 0.05) is 83.2 Å². The summed E-state index contributed by atoms with van der Waals surface area (Å²) in [4.78, 5) is 73.9. The fourth-order valence-corrected chi connectivity index (χ4v) is 21.3. The molecule has 0 aromatic rings. The number of aldehydes is 1. The number of methoxy groups -OCH3 is 4. The number of likely N-dealkylation sites (N-methyl/N-ethyl adjacent to an activating group) is 2. The maximum absolute atomic E-state index is 14.1. The molecule has 0 bridgehead atoms. The standard InChI is InChI=1S/C51H88N2O16.C46H77NO17.C5H11N/c1-13-38-35(27-63-50-47(62-12)46(61-11)42(57)31(5)65-50)23-28(2)17-18-36(54)29(3)24-34(19-22-53-20-15-14-16-21-53)44(30(4)37(55)25-39(56)67-38)69-49-43(58)41(52(9)10)45(32(6)66-49)68-40-26-51(8,60)48(59)33(7)64-40;1-13-33-30(22-58-45-42(57-12)41(56-11)37(52)26(5)60-45)18-23(2)14-15-31(49)24(3)19-29(16-17-48)39(25(4)32(50)20-34(51)62-33)64-44-38(53)36(47(9)10)40(27(6)61-44)63-35-21-46(8,55)43(54)28(7)59-35;1-2-4-6-5-3-1/h17-18,23,29-35,37-38,40-50,55,57-60H,13-16,19-22,24-27H2,1-12H3;14-15,17-18,24-30,32-33,35-45,50,52-55H,13,16,19-22H2,1-12H3;6H,1-5H2/b18-17+,28-23+;15-14+,23-18+;. The largest absolute Gasteiger partial charge is 0.462 e. The average Bonchev–Trinajstić information content (AvgIpc) is 0.774. The third-order valence-corrected chi connectivity index (χ3v) is 29.9. The fourth-order valence-electron chi connectivity index (χ4n) is 21.3. The Labute approximate surface area is 824 Å². The van der Waals surface area contributed by atoms with Crippen molar-refractivity contribution in [3.63, 3.8) is 0 Å². The van der Waals surface area contributed by atoms with Crippen LogP contribution in [0.4, 0.5) is 0 Å². The number of carbonyl (C=O) groups excluding carboxylic acids is 5. The lowest BCUT2D eigenvalue weighted by atomic mass is 9.79. The Hall–Kier alpha value is -4.29. The summed E-state index contributed by atoms with van der Waals surface area (Å²) >= 11 is 0. The number of hydrogen-bond donors (Lipinski definition) is 11. The maximum Gasteiger partial charge on any atom is 0.308 e. The van der Waals surface area contributed by atoms with Crippen LogP contribution in [0.5, 0.6) is 0 Å². The molecule has 0 aromatic carbocycles. The maximum atomic E-state index is 14.1. The zero-order valence-corrected chi connectivity index (χ0v) is 87.1. The smallest absolute Gasteiger partial charge is 0.308 e. The summed E-state index contributed by atoms with van der Waals surface area (Å²) < 4.78 is 110. The van der Waals surface area contributed by atoms with Gasteiger partial charge >= 0.3 is 11.9 Å². The van der Waals surface area contributed by atoms with Crippen molar-refractivity contribution in [3.8, 4) is 0 Å². The van der Waals surface area contributed by atoms with Crippen LogP contribution in [0.1, 0.15) is 214 Å². The van der Waals surface area contributed by atoms with Crippen LogP contribution < -0.4 is 5.32 Å². The molecule has 139 heavy (non-hydrogen) atoms. The van der Waals surface area contributed by atoms with E-state index in [9.17, 15) is 75.0 Å². The van der Waals surface area contributed by atoms with Crippen molar-refractivity contribution < 1.29 is 160 Å². The monoisotopic (exact) mass is 1990 g/mol. The van der Waals surface area contributed by atoms with E-state index in [1.807, 2.05) is 79.6 Å². The molecule has 10 aliphatic rings. The summed E-state index contributed by atoms with van der Waals surface area (Å²) in [6.07, 6.45) is -7.95. The molecule has 10 heterocycles. The van der Waals surface area contributed by atoms with E-state index in [2.05, 4.69) is 10.2 Å². The van der Waals surface area contributed by atoms with Crippen LogP contribution in [0, 0.1) is 47.3 Å². The van der Waals surface area contributed by atoms with E-state index < -0.39 is 267 Å². The van der Waals surface area contributed by atoms with E-state index in [4.69, 9.17) is 85.3 Å². The van der Waals surface area contributed by atoms with Crippen molar-refractivity contribution in [2.24, 2.45) is 47.3 Å². The molecular formula is C102H176N4O33. The predicted molar refractivity (Wildman–Crippen MR) is 512 cm³/mol. The van der Waals surface area contributed by atoms with Gasteiger partial charge in [0.2, 0.25) is 0 Å². The SMILES string of the molecule is C1CCNCC1.CCC1OC(=O)CC(O)C(C)C(OC2OC(C)C(OC3CC(C)(O)C(O)C(C)O3)C(N(C)C)C2O)C(CC=O)CC(C)C(=O)/C=C/C(C)=C/C1COC1OC(C)C(O)C(OC)C1OC.CCC1OC(=O)CC(O)C(C)C(OC2OC(C)C(OC3CC(C)(O)C(O)C(C)O3)C(N(C)C)C2O)C(CCN2CCCCC2)CC(C)C(=O)/C=C/C(C)=C/C1COC1OC(C)C(O)C(OC)C1OC. The highest BCUT2D eigenvalue weighted by atomic mass is 16.8. The molecular weight excluding hydrogens is 1810 g/mol. The van der Waals surface area contributed by atoms with Gasteiger partial charge in [0.15, 0.2) is 49.3 Å². The van der Waals surface area contributed by atoms with Gasteiger partial charge in [-0.1, -0.05) is 89.8 Å². The van der Waals surface area contributed by atoms with E-state index in [0.29, 0.717) is 31.3 Å². The van der Waals surface area contributed by atoms with Gasteiger partial charge in [0.05, 0.1) is 110 Å². The van der Waals surface area contributed by atoms with Gasteiger partial charge in [-0.15, -0.1) is 0 Å². The van der Waals surface area contributed by atoms with Gasteiger partial charge < -0.3 is 161 Å². The van der Waals surface area contributed by atoms with E-state index in [0.717, 1.165) is 44.3 Å². The second-order valence-electron chi connectivity index (χ2n) is 41.6. The van der Waals surface area contributed by atoms with E-state index in [1.54, 1.807) is 85.7 Å². The summed E-state index contributed by atoms with van der Waals surface area (Å²) in [7, 11) is 13.0. The summed E-state index contributed by atoms with van der Waals surface area (Å²) in [5.74, 6) is -6.31. The molecule has 37 nitrogen and oxygen atoms in total. The Morgan fingerprint density at radius 3 is 1.18 bits per heavy atom. The number of piperidine rings is 2. The molecule has 0 saturated carbocycles. The van der Waals surface area contributed by atoms with Gasteiger partial charge in [-0.25, -0.2) is 0 Å². The van der Waals surface area contributed by atoms with Crippen molar-refractivity contribution in [2.75, 3.05) is 103 Å². The summed E-state index contributed by atoms with van der Waals surface area (Å²) in [5.41, 5.74) is -1.53. The van der Waals surface area contributed by atoms with Gasteiger partial charge in [-0.3, -0.25) is 19.2 Å². The van der Waals surface area contributed by atoms with Crippen LogP contribution in [0.25, 0.3) is 0 Å². The number of allylic oxidation sites excluding steroid dienone is 6. The Morgan fingerprint density at radius 2 is 0.835 bits per heavy atom. The van der Waals surface area contributed by atoms with Crippen LogP contribution >= 0.6 is 0 Å². The number of cyclic esters (lactones) is 2. The van der Waals surface area contributed by atoms with Crippen molar-refractivity contribution in [2.45, 2.75) is 421 Å². The minimum atomic E-state index is -1.49. The Morgan fingerprint density at radius 1 is 0.460 bits per heavy atom. The van der Waals surface area contributed by atoms with Crippen LogP contribution in [-0.4, -0.2) is 406 Å². The molecule has 37 heteroatoms. The Bertz CT molecular complexity index is 3780. The van der Waals surface area contributed by atoms with E-state index in [1.165, 1.54) is 87.1 Å². The van der Waals surface area contributed by atoms with Crippen molar-refractivity contribution >= 4 is 29.8 Å². The van der Waals surface area contributed by atoms with Gasteiger partial charge in [0.1, 0.15) is 91.7 Å². The molecule has 0 radical (unpaired) electrons. The first kappa shape index (κ1) is 120. The molecule has 802 valence electrons. The zero-order chi connectivity index (χ0) is 103. The van der Waals surface area contributed by atoms with Crippen LogP contribution in [0.3, 0.4) is 0 Å². The fraction of sp³-hybridized carbons (Fsp3) is 0.873. The van der Waals surface area contributed by atoms with Crippen LogP contribution in [0.15, 0.2) is 47.6 Å². The van der Waals surface area contributed by atoms with Gasteiger partial charge in [-0.2, -0.15) is 0 Å². The van der Waals surface area contributed by atoms with Gasteiger partial charge in [-0.05, 0) is 212 Å². The van der Waals surface area contributed by atoms with Crippen molar-refractivity contribution in [3.05, 3.63) is 47.6 Å². The average molecular weight is 1990 g/mol. The molecule has 11 N–H and O–H groups in total. The molecule has 0 spiro atoms. The van der Waals surface area contributed by atoms with E-state index in [-0.39, 0.29) is 62.8 Å². The number of ketones is 2. The zero-order valence-electron chi connectivity index (χ0n) is 87.1. The lowest BCUT2D eigenvalue weighted by Crippen LogP contribution is -2.65. The minimum absolute atomic E-state index is 0.00347. The minimum Gasteiger partial charge on any atom is -0.462 e. The number of esters is 2. The third-order valence-electron chi connectivity index (χ3n) is 29.9. The number of ether oxygens (including phenoxy) is 18. The summed E-state index contributed by atoms with van der Waals surface area (Å²) in [5, 5.41) is 116. The number of rotatable bonds is 27. The first-order valence-electron chi connectivity index (χ1n) is 50.9. The number of likely N-dealkylation sites (tertiary alicyclic amines) is 1. The number of hydrogen-bond acceptors (Lipinski definition) is 37. The van der Waals surface area contributed by atoms with E-state index >= 15 is 0 Å². The van der Waals surface area contributed by atoms with Crippen LogP contribution in [-0.2, 0) is 109 Å². The molecule has 0 amide bonds. The number of aliphatic hydroxyl groups is 10. The molecule has 10 rings (SSSR count). The number of aliphatic hydroxyl groups excluding tert-OH is 8. The Balaban J connectivity index is 0.000000321. The predicted octanol–water partition coefficient (Wildman–Crippen LogP) is 5.71. The lowest BCUT2D eigenvalue weighted by molar-refractivity contribution is -0.342. The number of carbonyl (C=O) groups is 5. The second-order valence-corrected chi connectivity index (χ2v) is 41.6. The van der Waals surface area contributed by atoms with Crippen molar-refractivity contribution in [1.29, 1.82) is 0 Å². The highest BCUT2D eigenvalue weighted by Gasteiger charge is 2.56. The first-order valence-corrected chi connectivity index (χ1v) is 50.9. The van der Waals surface area contributed by atoms with Crippen molar-refractivity contribution in [1.82, 2.24) is 20.0 Å². The molecule has 0 aromatic heterocycles. The number of nitrogens with zero attached hydrogens (tertiary/aromatic N) is 3. The molecule has 0 aliphatic carbocycles. The highest BCUT2D eigenvalue weighted by molar-refractivity contribution is 5.92. The topological polar surface area (TPSA) is 476 Å². The second kappa shape index (κ2) is 56.7. The number of nitrogens with one attached hydrogen (secondary N) is 1. The normalized spacial score (nSPS) is 44.6. The molecule has 42 atom stereocenters. The highest BCUT2D eigenvalue weighted by Crippen LogP contribution is 2.43. The molecule has 8 fully saturated rings. The van der Waals surface area contributed by atoms with Gasteiger partial charge in [0.25, 0.3) is 0 Å². The van der Waals surface area contributed by atoms with Crippen LogP contribution in [0.2, 0.25) is 0 Å². The summed E-state index contributed by atoms with van der Waals surface area (Å²) in [6, 6.07) is -1.43. The molecule has 10 aliphatic heterocycles. The molecule has 42 unspecified atom stereocenters. The first-order chi connectivity index (χ1) is 65.7. The lowest BCUT2D eigenvalue weighted by Gasteiger charge is -2.50.